The summed E-state index contributed by atoms with van der Waals surface area (Å²) in [6.45, 7) is 10.5. The molecule has 1 aromatic carbocycles. The Morgan fingerprint density at radius 3 is 2.67 bits per heavy atom. The standard InChI is InChI=1S/C21H32N4O2/c1-18-5-2-6-19(15-18)16-23-11-13-24(14-12-23)17-20(26)22-8-4-10-25-9-3-7-21(25)27/h2,5-6,15H,3-4,7-14,16-17H2,1H3,(H,22,26)/p+2. The highest BCUT2D eigenvalue weighted by molar-refractivity contribution is 5.78. The van der Waals surface area contributed by atoms with E-state index < -0.39 is 0 Å². The molecule has 0 unspecified atom stereocenters. The van der Waals surface area contributed by atoms with Crippen LogP contribution in [0.4, 0.5) is 0 Å². The summed E-state index contributed by atoms with van der Waals surface area (Å²) in [6, 6.07) is 8.76. The van der Waals surface area contributed by atoms with Crippen LogP contribution in [0.25, 0.3) is 0 Å². The third kappa shape index (κ3) is 6.33. The van der Waals surface area contributed by atoms with Gasteiger partial charge in [0.25, 0.3) is 5.91 Å². The van der Waals surface area contributed by atoms with Gasteiger partial charge in [-0.05, 0) is 19.8 Å². The Labute approximate surface area is 162 Å². The average molecular weight is 375 g/mol. The third-order valence-electron chi connectivity index (χ3n) is 5.71. The van der Waals surface area contributed by atoms with E-state index in [0.29, 0.717) is 19.5 Å². The van der Waals surface area contributed by atoms with Crippen LogP contribution in [0, 0.1) is 6.92 Å². The highest BCUT2D eigenvalue weighted by Crippen LogP contribution is 2.09. The maximum absolute atomic E-state index is 12.2. The van der Waals surface area contributed by atoms with Gasteiger partial charge in [-0.3, -0.25) is 9.59 Å². The summed E-state index contributed by atoms with van der Waals surface area (Å²) in [5, 5.41) is 3.02. The molecule has 0 saturated carbocycles. The highest BCUT2D eigenvalue weighted by Gasteiger charge is 2.25. The smallest absolute Gasteiger partial charge is 0.275 e. The van der Waals surface area contributed by atoms with Crippen LogP contribution in [-0.2, 0) is 16.1 Å². The second-order valence-electron chi connectivity index (χ2n) is 8.03. The highest BCUT2D eigenvalue weighted by atomic mass is 16.2. The van der Waals surface area contributed by atoms with Crippen LogP contribution in [0.15, 0.2) is 24.3 Å². The zero-order chi connectivity index (χ0) is 19.1. The lowest BCUT2D eigenvalue weighted by atomic mass is 10.1. The SMILES string of the molecule is Cc1cccc(C[NH+]2CC[NH+](CC(=O)NCCCN3CCCC3=O)CC2)c1. The lowest BCUT2D eigenvalue weighted by Crippen LogP contribution is -3.28. The van der Waals surface area contributed by atoms with Crippen molar-refractivity contribution in [3.63, 3.8) is 0 Å². The van der Waals surface area contributed by atoms with Crippen LogP contribution < -0.4 is 15.1 Å². The van der Waals surface area contributed by atoms with E-state index in [9.17, 15) is 9.59 Å². The molecule has 3 rings (SSSR count). The van der Waals surface area contributed by atoms with Crippen molar-refractivity contribution >= 4 is 11.8 Å². The van der Waals surface area contributed by atoms with E-state index in [1.807, 2.05) is 4.90 Å². The van der Waals surface area contributed by atoms with Crippen molar-refractivity contribution in [2.24, 2.45) is 0 Å². The van der Waals surface area contributed by atoms with Crippen molar-refractivity contribution in [1.82, 2.24) is 10.2 Å². The van der Waals surface area contributed by atoms with E-state index in [4.69, 9.17) is 0 Å². The number of carbonyl (C=O) groups is 2. The van der Waals surface area contributed by atoms with Crippen LogP contribution >= 0.6 is 0 Å². The second kappa shape index (κ2) is 9.85. The molecule has 1 aromatic rings. The van der Waals surface area contributed by atoms with E-state index in [0.717, 1.165) is 58.7 Å². The first-order valence-corrected chi connectivity index (χ1v) is 10.4. The fourth-order valence-corrected chi connectivity index (χ4v) is 4.15. The van der Waals surface area contributed by atoms with E-state index in [2.05, 4.69) is 36.5 Å². The normalized spacial score (nSPS) is 22.9. The Morgan fingerprint density at radius 2 is 1.96 bits per heavy atom. The number of quaternary nitrogens is 2. The topological polar surface area (TPSA) is 58.3 Å². The summed E-state index contributed by atoms with van der Waals surface area (Å²) in [5.74, 6) is 0.400. The molecular formula is C21H34N4O2+2. The number of amides is 2. The zero-order valence-electron chi connectivity index (χ0n) is 16.6. The van der Waals surface area contributed by atoms with E-state index in [-0.39, 0.29) is 11.8 Å². The van der Waals surface area contributed by atoms with E-state index >= 15 is 0 Å². The molecule has 6 nitrogen and oxygen atoms in total. The minimum Gasteiger partial charge on any atom is -0.351 e. The number of likely N-dealkylation sites (tertiary alicyclic amines) is 1. The van der Waals surface area contributed by atoms with E-state index in [1.54, 1.807) is 4.90 Å². The molecule has 2 aliphatic rings. The Morgan fingerprint density at radius 1 is 1.19 bits per heavy atom. The molecule has 0 radical (unpaired) electrons. The minimum absolute atomic E-state index is 0.139. The molecule has 3 N–H and O–H groups in total. The quantitative estimate of drug-likeness (QED) is 0.481. The van der Waals surface area contributed by atoms with E-state index in [1.165, 1.54) is 16.0 Å². The number of aryl methyl sites for hydroxylation is 1. The van der Waals surface area contributed by atoms with Crippen LogP contribution in [0.1, 0.15) is 30.4 Å². The summed E-state index contributed by atoms with van der Waals surface area (Å²) < 4.78 is 0. The molecule has 0 bridgehead atoms. The molecule has 2 amide bonds. The largest absolute Gasteiger partial charge is 0.351 e. The van der Waals surface area contributed by atoms with Gasteiger partial charge < -0.3 is 20.0 Å². The van der Waals surface area contributed by atoms with Crippen molar-refractivity contribution in [2.45, 2.75) is 32.7 Å². The first kappa shape index (κ1) is 19.8. The number of hydrogen-bond donors (Lipinski definition) is 3. The van der Waals surface area contributed by atoms with Crippen molar-refractivity contribution in [2.75, 3.05) is 52.4 Å². The molecule has 0 atom stereocenters. The van der Waals surface area contributed by atoms with Gasteiger partial charge >= 0.3 is 0 Å². The van der Waals surface area contributed by atoms with Gasteiger partial charge in [-0.2, -0.15) is 0 Å². The zero-order valence-corrected chi connectivity index (χ0v) is 16.6. The molecule has 2 heterocycles. The molecule has 2 aliphatic heterocycles. The number of piperazine rings is 1. The summed E-state index contributed by atoms with van der Waals surface area (Å²) in [6.07, 6.45) is 2.52. The van der Waals surface area contributed by atoms with Gasteiger partial charge in [-0.15, -0.1) is 0 Å². The van der Waals surface area contributed by atoms with Gasteiger partial charge in [-0.1, -0.05) is 29.8 Å². The van der Waals surface area contributed by atoms with Gasteiger partial charge in [0, 0.05) is 31.6 Å². The molecule has 0 aliphatic carbocycles. The van der Waals surface area contributed by atoms with Crippen molar-refractivity contribution in [3.05, 3.63) is 35.4 Å². The number of hydrogen-bond acceptors (Lipinski definition) is 2. The monoisotopic (exact) mass is 374 g/mol. The Kier molecular flexibility index (Phi) is 7.24. The minimum atomic E-state index is 0.139. The molecule has 6 heteroatoms. The van der Waals surface area contributed by atoms with Crippen molar-refractivity contribution in [3.8, 4) is 0 Å². The van der Waals surface area contributed by atoms with Crippen molar-refractivity contribution < 1.29 is 19.4 Å². The molecule has 2 fully saturated rings. The molecule has 0 aromatic heterocycles. The van der Waals surface area contributed by atoms with Gasteiger partial charge in [0.2, 0.25) is 5.91 Å². The first-order valence-electron chi connectivity index (χ1n) is 10.4. The molecule has 148 valence electrons. The maximum Gasteiger partial charge on any atom is 0.275 e. The summed E-state index contributed by atoms with van der Waals surface area (Å²) >= 11 is 0. The molecule has 27 heavy (non-hydrogen) atoms. The average Bonchev–Trinajstić information content (AvgIpc) is 3.05. The molecule has 2 saturated heterocycles. The number of carbonyl (C=O) groups excluding carboxylic acids is 2. The van der Waals surface area contributed by atoms with Gasteiger partial charge in [0.15, 0.2) is 6.54 Å². The van der Waals surface area contributed by atoms with Gasteiger partial charge in [0.05, 0.1) is 0 Å². The molecular weight excluding hydrogens is 340 g/mol. The summed E-state index contributed by atoms with van der Waals surface area (Å²) in [4.78, 5) is 28.6. The number of nitrogens with zero attached hydrogens (tertiary/aromatic N) is 1. The van der Waals surface area contributed by atoms with Crippen LogP contribution in [0.3, 0.4) is 0 Å². The fraction of sp³-hybridized carbons (Fsp3) is 0.619. The van der Waals surface area contributed by atoms with Gasteiger partial charge in [-0.25, -0.2) is 0 Å². The van der Waals surface area contributed by atoms with Crippen LogP contribution in [0.2, 0.25) is 0 Å². The number of nitrogens with one attached hydrogen (secondary N) is 3. The lowest BCUT2D eigenvalue weighted by molar-refractivity contribution is -1.02. The van der Waals surface area contributed by atoms with Crippen LogP contribution in [-0.4, -0.2) is 69.1 Å². The maximum atomic E-state index is 12.2. The fourth-order valence-electron chi connectivity index (χ4n) is 4.15. The number of rotatable bonds is 8. The predicted molar refractivity (Wildman–Crippen MR) is 105 cm³/mol. The van der Waals surface area contributed by atoms with Gasteiger partial charge in [0.1, 0.15) is 32.7 Å². The second-order valence-corrected chi connectivity index (χ2v) is 8.03. The molecule has 0 spiro atoms. The third-order valence-corrected chi connectivity index (χ3v) is 5.71. The Hall–Kier alpha value is -1.92. The lowest BCUT2D eigenvalue weighted by Gasteiger charge is -2.29. The first-order chi connectivity index (χ1) is 13.1. The van der Waals surface area contributed by atoms with Crippen LogP contribution in [0.5, 0.6) is 0 Å². The number of benzene rings is 1. The summed E-state index contributed by atoms with van der Waals surface area (Å²) in [7, 11) is 0. The Balaban J connectivity index is 1.28. The predicted octanol–water partition coefficient (Wildman–Crippen LogP) is -1.59. The Bertz CT molecular complexity index is 641. The summed E-state index contributed by atoms with van der Waals surface area (Å²) in [5.41, 5.74) is 2.73. The van der Waals surface area contributed by atoms with Crippen molar-refractivity contribution in [1.29, 1.82) is 0 Å².